The van der Waals surface area contributed by atoms with Crippen LogP contribution in [0.1, 0.15) is 19.3 Å². The number of alkyl halides is 2. The van der Waals surface area contributed by atoms with E-state index in [1.807, 2.05) is 18.0 Å². The van der Waals surface area contributed by atoms with Crippen LogP contribution < -0.4 is 4.90 Å². The van der Waals surface area contributed by atoms with Crippen molar-refractivity contribution in [1.29, 1.82) is 0 Å². The lowest BCUT2D eigenvalue weighted by molar-refractivity contribution is 0.0183. The third-order valence-corrected chi connectivity index (χ3v) is 7.39. The number of nitrogens with one attached hydrogen (secondary N) is 1. The monoisotopic (exact) mass is 385 g/mol. The van der Waals surface area contributed by atoms with E-state index in [0.29, 0.717) is 12.8 Å². The number of halogens is 2. The van der Waals surface area contributed by atoms with Gasteiger partial charge in [0, 0.05) is 32.3 Å². The first-order valence-corrected chi connectivity index (χ1v) is 10.2. The summed E-state index contributed by atoms with van der Waals surface area (Å²) < 4.78 is 52.2. The Hall–Kier alpha value is -1.81. The Morgan fingerprint density at radius 3 is 2.85 bits per heavy atom. The molecule has 1 aliphatic carbocycles. The van der Waals surface area contributed by atoms with E-state index in [9.17, 15) is 17.2 Å². The van der Waals surface area contributed by atoms with Crippen molar-refractivity contribution in [3.8, 4) is 0 Å². The first kappa shape index (κ1) is 17.6. The van der Waals surface area contributed by atoms with Crippen LogP contribution in [0.5, 0.6) is 0 Å². The molecule has 0 unspecified atom stereocenters. The largest absolute Gasteiger partial charge is 0.356 e. The quantitative estimate of drug-likeness (QED) is 0.849. The Morgan fingerprint density at radius 2 is 2.15 bits per heavy atom. The SMILES string of the molecule is CN(c1ncnc2[nH]ccc12)[C@H]1C[C@@H](CS(=O)(=O)N2CCC(F)(F)C2)C1. The minimum Gasteiger partial charge on any atom is -0.356 e. The van der Waals surface area contributed by atoms with Gasteiger partial charge in [-0.25, -0.2) is 27.2 Å². The molecule has 0 radical (unpaired) electrons. The maximum absolute atomic E-state index is 13.3. The predicted molar refractivity (Wildman–Crippen MR) is 93.7 cm³/mol. The van der Waals surface area contributed by atoms with Gasteiger partial charge in [0.05, 0.1) is 17.7 Å². The van der Waals surface area contributed by atoms with Crippen molar-refractivity contribution in [2.45, 2.75) is 31.2 Å². The minimum absolute atomic E-state index is 0.00905. The molecule has 2 aromatic rings. The molecule has 1 saturated heterocycles. The number of sulfonamides is 1. The summed E-state index contributed by atoms with van der Waals surface area (Å²) in [5.74, 6) is -2.16. The molecular formula is C16H21F2N5O2S. The van der Waals surface area contributed by atoms with Crippen molar-refractivity contribution in [1.82, 2.24) is 19.3 Å². The van der Waals surface area contributed by atoms with Crippen LogP contribution in [0, 0.1) is 5.92 Å². The average Bonchev–Trinajstić information content (AvgIpc) is 3.15. The van der Waals surface area contributed by atoms with Crippen LogP contribution in [0.15, 0.2) is 18.6 Å². The van der Waals surface area contributed by atoms with Crippen LogP contribution in [0.3, 0.4) is 0 Å². The second-order valence-corrected chi connectivity index (χ2v) is 9.27. The first-order chi connectivity index (χ1) is 12.3. The fourth-order valence-electron chi connectivity index (χ4n) is 3.81. The lowest BCUT2D eigenvalue weighted by Crippen LogP contribution is -2.47. The molecule has 0 amide bonds. The predicted octanol–water partition coefficient (Wildman–Crippen LogP) is 1.84. The molecule has 142 valence electrons. The smallest absolute Gasteiger partial charge is 0.262 e. The molecule has 1 N–H and O–H groups in total. The van der Waals surface area contributed by atoms with Gasteiger partial charge in [-0.05, 0) is 24.8 Å². The number of rotatable bonds is 5. The third kappa shape index (κ3) is 3.16. The number of aromatic amines is 1. The highest BCUT2D eigenvalue weighted by molar-refractivity contribution is 7.89. The normalized spacial score (nSPS) is 26.1. The van der Waals surface area contributed by atoms with Crippen molar-refractivity contribution in [3.63, 3.8) is 0 Å². The minimum atomic E-state index is -3.63. The number of anilines is 1. The average molecular weight is 385 g/mol. The number of aromatic nitrogens is 3. The number of nitrogens with zero attached hydrogens (tertiary/aromatic N) is 4. The molecule has 0 aromatic carbocycles. The Bertz CT molecular complexity index is 910. The molecule has 4 rings (SSSR count). The van der Waals surface area contributed by atoms with E-state index in [2.05, 4.69) is 15.0 Å². The van der Waals surface area contributed by atoms with Crippen LogP contribution in [0.2, 0.25) is 0 Å². The van der Waals surface area contributed by atoms with Crippen LogP contribution in [-0.2, 0) is 10.0 Å². The standard InChI is InChI=1S/C16H21F2N5O2S/c1-22(15-13-2-4-19-14(13)20-10-21-15)12-6-11(7-12)8-26(24,25)23-5-3-16(17,18)9-23/h2,4,10-12H,3,5-9H2,1H3,(H,19,20,21)/t11-,12+. The second kappa shape index (κ2) is 6.12. The summed E-state index contributed by atoms with van der Waals surface area (Å²) in [5.41, 5.74) is 0.760. The van der Waals surface area contributed by atoms with Crippen LogP contribution in [-0.4, -0.2) is 65.5 Å². The van der Waals surface area contributed by atoms with Gasteiger partial charge in [-0.1, -0.05) is 0 Å². The van der Waals surface area contributed by atoms with E-state index in [0.717, 1.165) is 21.2 Å². The van der Waals surface area contributed by atoms with Gasteiger partial charge in [-0.15, -0.1) is 0 Å². The molecule has 10 heteroatoms. The first-order valence-electron chi connectivity index (χ1n) is 8.62. The van der Waals surface area contributed by atoms with Crippen molar-refractivity contribution in [2.24, 2.45) is 5.92 Å². The second-order valence-electron chi connectivity index (χ2n) is 7.26. The topological polar surface area (TPSA) is 82.2 Å². The van der Waals surface area contributed by atoms with Gasteiger partial charge >= 0.3 is 0 Å². The molecule has 0 bridgehead atoms. The third-order valence-electron chi connectivity index (χ3n) is 5.40. The van der Waals surface area contributed by atoms with Crippen LogP contribution >= 0.6 is 0 Å². The van der Waals surface area contributed by atoms with Gasteiger partial charge in [-0.3, -0.25) is 0 Å². The van der Waals surface area contributed by atoms with Gasteiger partial charge < -0.3 is 9.88 Å². The summed E-state index contributed by atoms with van der Waals surface area (Å²) >= 11 is 0. The summed E-state index contributed by atoms with van der Waals surface area (Å²) in [6.07, 6.45) is 4.33. The maximum atomic E-state index is 13.3. The molecule has 26 heavy (non-hydrogen) atoms. The van der Waals surface area contributed by atoms with E-state index < -0.39 is 22.5 Å². The molecular weight excluding hydrogens is 364 g/mol. The molecule has 0 spiro atoms. The van der Waals surface area contributed by atoms with Crippen molar-refractivity contribution in [3.05, 3.63) is 18.6 Å². The van der Waals surface area contributed by atoms with E-state index in [4.69, 9.17) is 0 Å². The lowest BCUT2D eigenvalue weighted by Gasteiger charge is -2.42. The Balaban J connectivity index is 1.37. The van der Waals surface area contributed by atoms with Crippen LogP contribution in [0.25, 0.3) is 11.0 Å². The molecule has 2 fully saturated rings. The number of hydrogen-bond acceptors (Lipinski definition) is 5. The molecule has 3 heterocycles. The summed E-state index contributed by atoms with van der Waals surface area (Å²) in [4.78, 5) is 13.6. The fourth-order valence-corrected chi connectivity index (χ4v) is 5.64. The molecule has 2 aliphatic rings. The highest BCUT2D eigenvalue weighted by Gasteiger charge is 2.45. The molecule has 1 saturated carbocycles. The van der Waals surface area contributed by atoms with Crippen molar-refractivity contribution < 1.29 is 17.2 Å². The molecule has 7 nitrogen and oxygen atoms in total. The van der Waals surface area contributed by atoms with Gasteiger partial charge in [0.1, 0.15) is 17.8 Å². The Morgan fingerprint density at radius 1 is 1.38 bits per heavy atom. The number of H-pyrrole nitrogens is 1. The van der Waals surface area contributed by atoms with Gasteiger partial charge in [0.2, 0.25) is 10.0 Å². The summed E-state index contributed by atoms with van der Waals surface area (Å²) in [6.45, 7) is -0.768. The van der Waals surface area contributed by atoms with E-state index in [1.54, 1.807) is 6.20 Å². The van der Waals surface area contributed by atoms with E-state index in [-0.39, 0.29) is 30.7 Å². The van der Waals surface area contributed by atoms with E-state index >= 15 is 0 Å². The summed E-state index contributed by atoms with van der Waals surface area (Å²) in [6, 6.07) is 2.10. The summed E-state index contributed by atoms with van der Waals surface area (Å²) in [5, 5.41) is 0.922. The van der Waals surface area contributed by atoms with Crippen LogP contribution in [0.4, 0.5) is 14.6 Å². The zero-order valence-electron chi connectivity index (χ0n) is 14.4. The van der Waals surface area contributed by atoms with Gasteiger partial charge in [0.15, 0.2) is 0 Å². The van der Waals surface area contributed by atoms with E-state index in [1.165, 1.54) is 6.33 Å². The molecule has 1 aliphatic heterocycles. The number of hydrogen-bond donors (Lipinski definition) is 1. The molecule has 2 aromatic heterocycles. The Labute approximate surface area is 150 Å². The fraction of sp³-hybridized carbons (Fsp3) is 0.625. The zero-order valence-corrected chi connectivity index (χ0v) is 15.2. The van der Waals surface area contributed by atoms with Crippen molar-refractivity contribution in [2.75, 3.05) is 30.8 Å². The number of fused-ring (bicyclic) bond motifs is 1. The highest BCUT2D eigenvalue weighted by atomic mass is 32.2. The maximum Gasteiger partial charge on any atom is 0.262 e. The zero-order chi connectivity index (χ0) is 18.5. The van der Waals surface area contributed by atoms with Gasteiger partial charge in [-0.2, -0.15) is 4.31 Å². The lowest BCUT2D eigenvalue weighted by atomic mass is 9.81. The van der Waals surface area contributed by atoms with Crippen molar-refractivity contribution >= 4 is 26.9 Å². The van der Waals surface area contributed by atoms with Gasteiger partial charge in [0.25, 0.3) is 5.92 Å². The Kier molecular flexibility index (Phi) is 4.14. The summed E-state index contributed by atoms with van der Waals surface area (Å²) in [7, 11) is -1.69. The highest BCUT2D eigenvalue weighted by Crippen LogP contribution is 2.37. The molecule has 0 atom stereocenters.